The fourth-order valence-corrected chi connectivity index (χ4v) is 1.13. The largest absolute Gasteiger partial charge is 0.298 e. The number of hydrogen-bond donors (Lipinski definition) is 0. The van der Waals surface area contributed by atoms with E-state index in [1.807, 2.05) is 0 Å². The van der Waals surface area contributed by atoms with Crippen LogP contribution < -0.4 is 0 Å². The van der Waals surface area contributed by atoms with Crippen LogP contribution in [0, 0.1) is 6.92 Å². The molecule has 11 heavy (non-hydrogen) atoms. The number of aldehydes is 1. The summed E-state index contributed by atoms with van der Waals surface area (Å²) in [7, 11) is 0. The monoisotopic (exact) mass is 189 g/mol. The molecule has 1 rings (SSSR count). The minimum absolute atomic E-state index is 0.239. The number of pyridine rings is 1. The van der Waals surface area contributed by atoms with Crippen molar-refractivity contribution in [3.8, 4) is 0 Å². The van der Waals surface area contributed by atoms with E-state index in [1.54, 1.807) is 6.92 Å². The molecule has 0 aliphatic rings. The number of rotatable bonds is 1. The van der Waals surface area contributed by atoms with Gasteiger partial charge in [0, 0.05) is 5.56 Å². The second-order valence-electron chi connectivity index (χ2n) is 2.07. The Labute approximate surface area is 74.1 Å². The van der Waals surface area contributed by atoms with Crippen molar-refractivity contribution in [2.24, 2.45) is 0 Å². The average Bonchev–Trinajstić information content (AvgIpc) is 1.96. The highest BCUT2D eigenvalue weighted by molar-refractivity contribution is 6.33. The summed E-state index contributed by atoms with van der Waals surface area (Å²) < 4.78 is 0. The Balaban J connectivity index is 3.35. The summed E-state index contributed by atoms with van der Waals surface area (Å²) in [5.74, 6) is 0. The lowest BCUT2D eigenvalue weighted by molar-refractivity contribution is 0.112. The lowest BCUT2D eigenvalue weighted by atomic mass is 10.2. The summed E-state index contributed by atoms with van der Waals surface area (Å²) in [6.45, 7) is 1.72. The maximum absolute atomic E-state index is 10.4. The number of carbonyl (C=O) groups is 1. The molecule has 0 N–H and O–H groups in total. The first-order valence-electron chi connectivity index (χ1n) is 2.93. The molecule has 0 aliphatic carbocycles. The fraction of sp³-hybridized carbons (Fsp3) is 0.143. The number of halogens is 2. The summed E-state index contributed by atoms with van der Waals surface area (Å²) in [6.07, 6.45) is 0.703. The maximum Gasteiger partial charge on any atom is 0.150 e. The Morgan fingerprint density at radius 3 is 2.73 bits per heavy atom. The summed E-state index contributed by atoms with van der Waals surface area (Å²) in [6, 6.07) is 1.48. The molecule has 1 aromatic rings. The van der Waals surface area contributed by atoms with Gasteiger partial charge in [0.15, 0.2) is 6.29 Å². The van der Waals surface area contributed by atoms with E-state index in [1.165, 1.54) is 6.07 Å². The maximum atomic E-state index is 10.4. The lowest BCUT2D eigenvalue weighted by Gasteiger charge is -1.99. The van der Waals surface area contributed by atoms with Gasteiger partial charge >= 0.3 is 0 Å². The van der Waals surface area contributed by atoms with Gasteiger partial charge in [-0.3, -0.25) is 4.79 Å². The van der Waals surface area contributed by atoms with Crippen LogP contribution in [-0.2, 0) is 0 Å². The van der Waals surface area contributed by atoms with Gasteiger partial charge in [-0.05, 0) is 18.6 Å². The van der Waals surface area contributed by atoms with Crippen LogP contribution in [0.4, 0.5) is 0 Å². The van der Waals surface area contributed by atoms with Gasteiger partial charge in [-0.25, -0.2) is 4.98 Å². The molecule has 0 unspecified atom stereocenters. The van der Waals surface area contributed by atoms with Crippen LogP contribution in [0.25, 0.3) is 0 Å². The van der Waals surface area contributed by atoms with Gasteiger partial charge in [-0.2, -0.15) is 0 Å². The van der Waals surface area contributed by atoms with Crippen molar-refractivity contribution in [1.82, 2.24) is 4.98 Å². The Morgan fingerprint density at radius 1 is 1.55 bits per heavy atom. The smallest absolute Gasteiger partial charge is 0.150 e. The number of nitrogens with zero attached hydrogens (tertiary/aromatic N) is 1. The Kier molecular flexibility index (Phi) is 2.47. The van der Waals surface area contributed by atoms with Crippen molar-refractivity contribution in [3.05, 3.63) is 27.5 Å². The molecule has 58 valence electrons. The average molecular weight is 190 g/mol. The van der Waals surface area contributed by atoms with Crippen LogP contribution in [0.5, 0.6) is 0 Å². The molecule has 4 heteroatoms. The molecule has 1 aromatic heterocycles. The van der Waals surface area contributed by atoms with Crippen LogP contribution in [0.2, 0.25) is 10.3 Å². The molecule has 0 atom stereocenters. The van der Waals surface area contributed by atoms with Crippen LogP contribution in [0.1, 0.15) is 15.9 Å². The summed E-state index contributed by atoms with van der Waals surface area (Å²) in [4.78, 5) is 14.1. The van der Waals surface area contributed by atoms with Crippen molar-refractivity contribution >= 4 is 29.5 Å². The molecule has 0 spiro atoms. The van der Waals surface area contributed by atoms with E-state index in [4.69, 9.17) is 23.2 Å². The van der Waals surface area contributed by atoms with Crippen molar-refractivity contribution in [2.75, 3.05) is 0 Å². The van der Waals surface area contributed by atoms with Crippen molar-refractivity contribution < 1.29 is 4.79 Å². The van der Waals surface area contributed by atoms with Gasteiger partial charge in [0.25, 0.3) is 0 Å². The van der Waals surface area contributed by atoms with Crippen LogP contribution in [-0.4, -0.2) is 11.3 Å². The molecule has 0 aromatic carbocycles. The third-order valence-corrected chi connectivity index (χ3v) is 1.91. The van der Waals surface area contributed by atoms with Gasteiger partial charge in [0.2, 0.25) is 0 Å². The molecule has 0 saturated heterocycles. The van der Waals surface area contributed by atoms with Crippen molar-refractivity contribution in [2.45, 2.75) is 6.92 Å². The minimum Gasteiger partial charge on any atom is -0.298 e. The molecular formula is C7H5Cl2NO. The summed E-state index contributed by atoms with van der Waals surface area (Å²) in [5.41, 5.74) is 1.14. The molecule has 0 radical (unpaired) electrons. The van der Waals surface area contributed by atoms with E-state index in [-0.39, 0.29) is 10.3 Å². The van der Waals surface area contributed by atoms with E-state index in [0.717, 1.165) is 0 Å². The Morgan fingerprint density at radius 2 is 2.18 bits per heavy atom. The normalized spacial score (nSPS) is 9.73. The van der Waals surface area contributed by atoms with Crippen LogP contribution in [0.15, 0.2) is 6.07 Å². The first kappa shape index (κ1) is 8.50. The Bertz CT molecular complexity index is 299. The lowest BCUT2D eigenvalue weighted by Crippen LogP contribution is -1.90. The number of carbonyl (C=O) groups excluding carboxylic acids is 1. The molecule has 0 amide bonds. The fourth-order valence-electron chi connectivity index (χ4n) is 0.688. The molecule has 1 heterocycles. The zero-order chi connectivity index (χ0) is 8.43. The van der Waals surface area contributed by atoms with E-state index in [2.05, 4.69) is 4.98 Å². The van der Waals surface area contributed by atoms with Gasteiger partial charge in [0.05, 0.1) is 0 Å². The Hall–Kier alpha value is -0.600. The van der Waals surface area contributed by atoms with Crippen molar-refractivity contribution in [1.29, 1.82) is 0 Å². The molecule has 0 bridgehead atoms. The first-order valence-corrected chi connectivity index (χ1v) is 3.68. The van der Waals surface area contributed by atoms with Gasteiger partial charge in [-0.15, -0.1) is 0 Å². The van der Waals surface area contributed by atoms with E-state index in [0.29, 0.717) is 17.4 Å². The van der Waals surface area contributed by atoms with Crippen LogP contribution in [0.3, 0.4) is 0 Å². The molecule has 0 aliphatic heterocycles. The second kappa shape index (κ2) is 3.20. The molecular weight excluding hydrogens is 185 g/mol. The summed E-state index contributed by atoms with van der Waals surface area (Å²) >= 11 is 11.2. The third kappa shape index (κ3) is 1.70. The number of hydrogen-bond acceptors (Lipinski definition) is 2. The van der Waals surface area contributed by atoms with E-state index < -0.39 is 0 Å². The zero-order valence-electron chi connectivity index (χ0n) is 5.77. The number of aromatic nitrogens is 1. The zero-order valence-corrected chi connectivity index (χ0v) is 7.28. The second-order valence-corrected chi connectivity index (χ2v) is 2.81. The highest BCUT2D eigenvalue weighted by Crippen LogP contribution is 2.19. The van der Waals surface area contributed by atoms with Gasteiger partial charge in [0.1, 0.15) is 10.3 Å². The van der Waals surface area contributed by atoms with Crippen molar-refractivity contribution in [3.63, 3.8) is 0 Å². The first-order chi connectivity index (χ1) is 5.15. The predicted molar refractivity (Wildman–Crippen MR) is 44.4 cm³/mol. The predicted octanol–water partition coefficient (Wildman–Crippen LogP) is 2.51. The van der Waals surface area contributed by atoms with Crippen LogP contribution >= 0.6 is 23.2 Å². The van der Waals surface area contributed by atoms with Gasteiger partial charge < -0.3 is 0 Å². The van der Waals surface area contributed by atoms with E-state index in [9.17, 15) is 4.79 Å². The highest BCUT2D eigenvalue weighted by Gasteiger charge is 2.04. The van der Waals surface area contributed by atoms with E-state index >= 15 is 0 Å². The molecule has 2 nitrogen and oxygen atoms in total. The topological polar surface area (TPSA) is 30.0 Å². The highest BCUT2D eigenvalue weighted by atomic mass is 35.5. The molecule has 0 saturated carbocycles. The standard InChI is InChI=1S/C7H5Cl2NO/c1-4-5(3-11)2-6(8)10-7(4)9/h2-3H,1H3. The third-order valence-electron chi connectivity index (χ3n) is 1.35. The summed E-state index contributed by atoms with van der Waals surface area (Å²) in [5, 5.41) is 0.516. The quantitative estimate of drug-likeness (QED) is 0.503. The van der Waals surface area contributed by atoms with Gasteiger partial charge in [-0.1, -0.05) is 23.2 Å². The minimum atomic E-state index is 0.239. The molecule has 0 fully saturated rings. The SMILES string of the molecule is Cc1c(C=O)cc(Cl)nc1Cl.